The highest BCUT2D eigenvalue weighted by atomic mass is 32.1. The number of hydrogen-bond donors (Lipinski definition) is 1. The molecule has 0 fully saturated rings. The quantitative estimate of drug-likeness (QED) is 0.400. The monoisotopic (exact) mass is 432 g/mol. The molecule has 3 heterocycles. The smallest absolute Gasteiger partial charge is 0.196 e. The Hall–Kier alpha value is -3.58. The standard InChI is InChI=1S/C24H20N2O4S/c1-4-26-17(15-7-5-13(2)6-8-15)12-31-24(26)25-20-22-16(9-10-29-22)21(28)19-18(27)11-14(3)30-23(19)20/h5-12,28H,4H2,1-3H3. The summed E-state index contributed by atoms with van der Waals surface area (Å²) >= 11 is 1.50. The largest absolute Gasteiger partial charge is 0.506 e. The highest BCUT2D eigenvalue weighted by Gasteiger charge is 2.21. The van der Waals surface area contributed by atoms with Crippen LogP contribution >= 0.6 is 11.3 Å². The summed E-state index contributed by atoms with van der Waals surface area (Å²) in [6, 6.07) is 11.3. The van der Waals surface area contributed by atoms with Gasteiger partial charge < -0.3 is 18.5 Å². The van der Waals surface area contributed by atoms with Gasteiger partial charge in [-0.15, -0.1) is 11.3 Å². The maximum Gasteiger partial charge on any atom is 0.196 e. The van der Waals surface area contributed by atoms with Crippen molar-refractivity contribution < 1.29 is 13.9 Å². The molecule has 0 bridgehead atoms. The van der Waals surface area contributed by atoms with Crippen LogP contribution in [0, 0.1) is 13.8 Å². The molecular weight excluding hydrogens is 412 g/mol. The molecule has 0 aliphatic carbocycles. The number of aromatic hydroxyl groups is 1. The van der Waals surface area contributed by atoms with E-state index in [0.717, 1.165) is 16.1 Å². The van der Waals surface area contributed by atoms with Crippen molar-refractivity contribution in [2.75, 3.05) is 0 Å². The highest BCUT2D eigenvalue weighted by molar-refractivity contribution is 7.07. The minimum absolute atomic E-state index is 0.108. The van der Waals surface area contributed by atoms with Gasteiger partial charge >= 0.3 is 0 Å². The Bertz CT molecular complexity index is 1570. The number of thiazole rings is 1. The number of fused-ring (bicyclic) bond motifs is 2. The maximum absolute atomic E-state index is 12.6. The van der Waals surface area contributed by atoms with Crippen LogP contribution in [-0.2, 0) is 6.54 Å². The lowest BCUT2D eigenvalue weighted by atomic mass is 10.1. The Balaban J connectivity index is 1.85. The number of hydrogen-bond acceptors (Lipinski definition) is 6. The van der Waals surface area contributed by atoms with Crippen molar-refractivity contribution in [1.29, 1.82) is 0 Å². The van der Waals surface area contributed by atoms with Crippen LogP contribution in [0.15, 0.2) is 66.7 Å². The molecule has 0 aliphatic rings. The fourth-order valence-electron chi connectivity index (χ4n) is 3.79. The van der Waals surface area contributed by atoms with Crippen molar-refractivity contribution in [3.05, 3.63) is 74.4 Å². The van der Waals surface area contributed by atoms with E-state index >= 15 is 0 Å². The average molecular weight is 433 g/mol. The van der Waals surface area contributed by atoms with E-state index in [4.69, 9.17) is 13.8 Å². The molecular formula is C24H20N2O4S. The third kappa shape index (κ3) is 3.09. The van der Waals surface area contributed by atoms with Gasteiger partial charge in [-0.05, 0) is 32.4 Å². The molecule has 0 radical (unpaired) electrons. The third-order valence-electron chi connectivity index (χ3n) is 5.33. The second-order valence-electron chi connectivity index (χ2n) is 7.41. The molecule has 0 unspecified atom stereocenters. The first-order valence-corrected chi connectivity index (χ1v) is 10.8. The van der Waals surface area contributed by atoms with Gasteiger partial charge in [-0.25, -0.2) is 4.99 Å². The molecule has 0 amide bonds. The molecule has 0 atom stereocenters. The molecule has 7 heteroatoms. The van der Waals surface area contributed by atoms with E-state index < -0.39 is 0 Å². The summed E-state index contributed by atoms with van der Waals surface area (Å²) < 4.78 is 13.6. The summed E-state index contributed by atoms with van der Waals surface area (Å²) in [5.41, 5.74) is 4.05. The Kier molecular flexibility index (Phi) is 4.55. The number of furan rings is 1. The minimum atomic E-state index is -0.314. The van der Waals surface area contributed by atoms with E-state index in [9.17, 15) is 9.90 Å². The van der Waals surface area contributed by atoms with Gasteiger partial charge in [-0.2, -0.15) is 0 Å². The zero-order chi connectivity index (χ0) is 21.7. The van der Waals surface area contributed by atoms with Crippen LogP contribution in [0.4, 0.5) is 5.69 Å². The van der Waals surface area contributed by atoms with Crippen LogP contribution in [0.1, 0.15) is 18.2 Å². The van der Waals surface area contributed by atoms with Gasteiger partial charge in [0.2, 0.25) is 0 Å². The molecule has 156 valence electrons. The van der Waals surface area contributed by atoms with Gasteiger partial charge in [-0.1, -0.05) is 29.8 Å². The van der Waals surface area contributed by atoms with Crippen molar-refractivity contribution in [2.24, 2.45) is 4.99 Å². The molecule has 3 aromatic heterocycles. The third-order valence-corrected chi connectivity index (χ3v) is 6.19. The first kappa shape index (κ1) is 19.4. The zero-order valence-corrected chi connectivity index (χ0v) is 18.1. The summed E-state index contributed by atoms with van der Waals surface area (Å²) in [7, 11) is 0. The lowest BCUT2D eigenvalue weighted by Crippen LogP contribution is -2.14. The summed E-state index contributed by atoms with van der Waals surface area (Å²) in [6.45, 7) is 6.53. The van der Waals surface area contributed by atoms with Crippen molar-refractivity contribution in [2.45, 2.75) is 27.3 Å². The molecule has 0 aliphatic heterocycles. The number of aromatic nitrogens is 1. The van der Waals surface area contributed by atoms with Gasteiger partial charge in [0.15, 0.2) is 27.1 Å². The predicted octanol–water partition coefficient (Wildman–Crippen LogP) is 5.64. The van der Waals surface area contributed by atoms with E-state index in [2.05, 4.69) is 48.1 Å². The fourth-order valence-corrected chi connectivity index (χ4v) is 4.77. The fraction of sp³-hybridized carbons (Fsp3) is 0.167. The van der Waals surface area contributed by atoms with Gasteiger partial charge in [0.1, 0.15) is 16.9 Å². The molecule has 31 heavy (non-hydrogen) atoms. The second-order valence-corrected chi connectivity index (χ2v) is 8.25. The van der Waals surface area contributed by atoms with Crippen LogP contribution in [-0.4, -0.2) is 9.67 Å². The van der Waals surface area contributed by atoms with E-state index in [1.807, 2.05) is 0 Å². The minimum Gasteiger partial charge on any atom is -0.506 e. The van der Waals surface area contributed by atoms with E-state index in [1.54, 1.807) is 13.0 Å². The van der Waals surface area contributed by atoms with Crippen LogP contribution in [0.2, 0.25) is 0 Å². The normalized spacial score (nSPS) is 12.3. The molecule has 0 saturated heterocycles. The highest BCUT2D eigenvalue weighted by Crippen LogP contribution is 2.41. The second kappa shape index (κ2) is 7.28. The van der Waals surface area contributed by atoms with Gasteiger partial charge in [0, 0.05) is 18.0 Å². The molecule has 6 nitrogen and oxygen atoms in total. The SMILES string of the molecule is CCn1c(-c2ccc(C)cc2)csc1=Nc1c2occc2c(O)c2c(=O)cc(C)oc12. The molecule has 1 N–H and O–H groups in total. The van der Waals surface area contributed by atoms with Crippen LogP contribution in [0.5, 0.6) is 5.75 Å². The van der Waals surface area contributed by atoms with Gasteiger partial charge in [-0.3, -0.25) is 4.79 Å². The summed E-state index contributed by atoms with van der Waals surface area (Å²) in [5.74, 6) is 0.287. The average Bonchev–Trinajstić information content (AvgIpc) is 3.38. The summed E-state index contributed by atoms with van der Waals surface area (Å²) in [6.07, 6.45) is 1.47. The molecule has 5 rings (SSSR count). The first-order chi connectivity index (χ1) is 15.0. The number of aryl methyl sites for hydroxylation is 2. The van der Waals surface area contributed by atoms with Gasteiger partial charge in [0.25, 0.3) is 0 Å². The van der Waals surface area contributed by atoms with Crippen molar-refractivity contribution in [3.63, 3.8) is 0 Å². The van der Waals surface area contributed by atoms with Crippen LogP contribution in [0.25, 0.3) is 33.2 Å². The number of benzene rings is 2. The summed E-state index contributed by atoms with van der Waals surface area (Å²) in [5, 5.41) is 13.3. The Labute approximate surface area is 181 Å². The maximum atomic E-state index is 12.6. The topological polar surface area (TPSA) is 80.9 Å². The van der Waals surface area contributed by atoms with Crippen molar-refractivity contribution in [1.82, 2.24) is 4.57 Å². The van der Waals surface area contributed by atoms with E-state index in [-0.39, 0.29) is 22.1 Å². The predicted molar refractivity (Wildman–Crippen MR) is 122 cm³/mol. The Morgan fingerprint density at radius 3 is 2.65 bits per heavy atom. The van der Waals surface area contributed by atoms with Gasteiger partial charge in [0.05, 0.1) is 17.3 Å². The molecule has 0 saturated carbocycles. The number of nitrogens with zero attached hydrogens (tertiary/aromatic N) is 2. The zero-order valence-electron chi connectivity index (χ0n) is 17.3. The van der Waals surface area contributed by atoms with E-state index in [0.29, 0.717) is 29.0 Å². The molecule has 0 spiro atoms. The van der Waals surface area contributed by atoms with Crippen molar-refractivity contribution in [3.8, 4) is 17.0 Å². The lowest BCUT2D eigenvalue weighted by Gasteiger charge is -2.08. The molecule has 2 aromatic carbocycles. The molecule has 5 aromatic rings. The number of rotatable bonds is 3. The summed E-state index contributed by atoms with van der Waals surface area (Å²) in [4.78, 5) is 18.2. The number of phenolic OH excluding ortho intramolecular Hbond substituents is 1. The number of phenols is 1. The first-order valence-electron chi connectivity index (χ1n) is 9.94. The Morgan fingerprint density at radius 1 is 1.13 bits per heavy atom. The Morgan fingerprint density at radius 2 is 1.90 bits per heavy atom. The van der Waals surface area contributed by atoms with Crippen LogP contribution in [0.3, 0.4) is 0 Å². The van der Waals surface area contributed by atoms with Crippen molar-refractivity contribution >= 4 is 39.0 Å². The van der Waals surface area contributed by atoms with Crippen LogP contribution < -0.4 is 10.2 Å². The lowest BCUT2D eigenvalue weighted by molar-refractivity contribution is 0.484. The van der Waals surface area contributed by atoms with E-state index in [1.165, 1.54) is 29.2 Å².